The van der Waals surface area contributed by atoms with Crippen molar-refractivity contribution >= 4 is 12.3 Å². The first kappa shape index (κ1) is 25.0. The molecule has 1 aromatic carbocycles. The summed E-state index contributed by atoms with van der Waals surface area (Å²) in [5.41, 5.74) is 9.03. The maximum Gasteiger partial charge on any atom is 0.0131 e. The molecule has 2 N–H and O–H groups in total. The predicted octanol–water partition coefficient (Wildman–Crippen LogP) is 5.83. The summed E-state index contributed by atoms with van der Waals surface area (Å²) in [6.45, 7) is 16.9. The Kier molecular flexibility index (Phi) is 14.7. The van der Waals surface area contributed by atoms with Crippen LogP contribution < -0.4 is 16.2 Å². The van der Waals surface area contributed by atoms with E-state index >= 15 is 0 Å². The zero-order valence-electron chi connectivity index (χ0n) is 16.5. The molecule has 1 nitrogen and oxygen atoms in total. The second-order valence-electron chi connectivity index (χ2n) is 6.86. The van der Waals surface area contributed by atoms with Crippen LogP contribution >= 0.6 is 0 Å². The Morgan fingerprint density at radius 1 is 1.04 bits per heavy atom. The molecule has 0 aliphatic heterocycles. The van der Waals surface area contributed by atoms with E-state index in [0.717, 1.165) is 22.1 Å². The quantitative estimate of drug-likeness (QED) is 0.624. The standard InChI is InChI=1S/C11H15N.C11H24.CH4/c1-7-5-8(2)11(10(4)12)9(3)6-7;1-4-7-8-10-11(6-3)9-5-2;/h5-6H,2,12H2,1,3-4H3;11H,4-10H2,1-3H3;1H4/b11-10-;;. The van der Waals surface area contributed by atoms with Crippen LogP contribution in [0.2, 0.25) is 0 Å². The molecule has 1 aromatic rings. The summed E-state index contributed by atoms with van der Waals surface area (Å²) in [6.07, 6.45) is 9.92. The van der Waals surface area contributed by atoms with Crippen molar-refractivity contribution in [2.45, 2.75) is 93.9 Å². The summed E-state index contributed by atoms with van der Waals surface area (Å²) in [4.78, 5) is 0. The molecule has 0 amide bonds. The SMILES string of the molecule is C.C=c1cc(C)cc(C)/c1=C(/C)N.CCCCCC(CC)CCC. The van der Waals surface area contributed by atoms with Gasteiger partial charge in [0, 0.05) is 10.9 Å². The number of aryl methyl sites for hydroxylation is 2. The van der Waals surface area contributed by atoms with Gasteiger partial charge in [-0.3, -0.25) is 0 Å². The van der Waals surface area contributed by atoms with Gasteiger partial charge < -0.3 is 5.73 Å². The third kappa shape index (κ3) is 9.80. The van der Waals surface area contributed by atoms with E-state index in [4.69, 9.17) is 5.73 Å². The topological polar surface area (TPSA) is 26.0 Å². The van der Waals surface area contributed by atoms with Crippen molar-refractivity contribution in [3.63, 3.8) is 0 Å². The van der Waals surface area contributed by atoms with Crippen molar-refractivity contribution in [1.29, 1.82) is 0 Å². The minimum atomic E-state index is 0. The molecule has 1 rings (SSSR count). The van der Waals surface area contributed by atoms with Crippen LogP contribution in [0.5, 0.6) is 0 Å². The molecule has 24 heavy (non-hydrogen) atoms. The zero-order chi connectivity index (χ0) is 17.8. The van der Waals surface area contributed by atoms with Gasteiger partial charge in [0.1, 0.15) is 0 Å². The van der Waals surface area contributed by atoms with E-state index in [9.17, 15) is 0 Å². The lowest BCUT2D eigenvalue weighted by Crippen LogP contribution is -2.30. The molecule has 0 saturated heterocycles. The fourth-order valence-electron chi connectivity index (χ4n) is 3.26. The molecule has 140 valence electrons. The van der Waals surface area contributed by atoms with Gasteiger partial charge in [0.25, 0.3) is 0 Å². The van der Waals surface area contributed by atoms with Crippen molar-refractivity contribution in [3.8, 4) is 0 Å². The van der Waals surface area contributed by atoms with E-state index in [1.165, 1.54) is 56.1 Å². The maximum absolute atomic E-state index is 5.74. The Hall–Kier alpha value is -1.24. The molecule has 0 aliphatic carbocycles. The second-order valence-corrected chi connectivity index (χ2v) is 6.86. The Balaban J connectivity index is 0. The van der Waals surface area contributed by atoms with Crippen LogP contribution in [-0.2, 0) is 0 Å². The third-order valence-electron chi connectivity index (χ3n) is 4.45. The van der Waals surface area contributed by atoms with Crippen LogP contribution in [-0.4, -0.2) is 0 Å². The van der Waals surface area contributed by atoms with E-state index in [-0.39, 0.29) is 7.43 Å². The molecular formula is C23H43N. The number of unbranched alkanes of at least 4 members (excludes halogenated alkanes) is 2. The monoisotopic (exact) mass is 333 g/mol. The molecule has 0 aliphatic rings. The lowest BCUT2D eigenvalue weighted by molar-refractivity contribution is 0.412. The van der Waals surface area contributed by atoms with Gasteiger partial charge in [-0.1, -0.05) is 97.4 Å². The van der Waals surface area contributed by atoms with E-state index in [2.05, 4.69) is 53.3 Å². The summed E-state index contributed by atoms with van der Waals surface area (Å²) in [6, 6.07) is 4.18. The summed E-state index contributed by atoms with van der Waals surface area (Å²) >= 11 is 0. The molecule has 0 saturated carbocycles. The Morgan fingerprint density at radius 3 is 2.08 bits per heavy atom. The molecule has 1 unspecified atom stereocenters. The average molecular weight is 334 g/mol. The average Bonchev–Trinajstić information content (AvgIpc) is 2.45. The number of hydrogen-bond donors (Lipinski definition) is 1. The largest absolute Gasteiger partial charge is 0.402 e. The Bertz CT molecular complexity index is 538. The zero-order valence-corrected chi connectivity index (χ0v) is 16.5. The maximum atomic E-state index is 5.74. The van der Waals surface area contributed by atoms with Crippen LogP contribution in [0.15, 0.2) is 12.1 Å². The normalized spacial score (nSPS) is 12.6. The molecule has 0 bridgehead atoms. The van der Waals surface area contributed by atoms with Crippen molar-refractivity contribution in [2.75, 3.05) is 0 Å². The van der Waals surface area contributed by atoms with Gasteiger partial charge in [0.2, 0.25) is 0 Å². The minimum absolute atomic E-state index is 0. The highest BCUT2D eigenvalue weighted by atomic mass is 14.5. The van der Waals surface area contributed by atoms with Crippen LogP contribution in [0.25, 0.3) is 12.3 Å². The van der Waals surface area contributed by atoms with E-state index in [1.807, 2.05) is 6.92 Å². The number of nitrogens with two attached hydrogens (primary N) is 1. The van der Waals surface area contributed by atoms with Crippen LogP contribution in [0.1, 0.15) is 91.2 Å². The summed E-state index contributed by atoms with van der Waals surface area (Å²) in [7, 11) is 0. The summed E-state index contributed by atoms with van der Waals surface area (Å²) < 4.78 is 0. The van der Waals surface area contributed by atoms with Crippen LogP contribution in [0.4, 0.5) is 0 Å². The molecule has 0 heterocycles. The van der Waals surface area contributed by atoms with Gasteiger partial charge in [-0.25, -0.2) is 0 Å². The molecule has 1 atom stereocenters. The highest BCUT2D eigenvalue weighted by Gasteiger charge is 2.03. The summed E-state index contributed by atoms with van der Waals surface area (Å²) in [5, 5.41) is 2.12. The van der Waals surface area contributed by atoms with Gasteiger partial charge in [0.15, 0.2) is 0 Å². The van der Waals surface area contributed by atoms with Crippen LogP contribution in [0.3, 0.4) is 0 Å². The predicted molar refractivity (Wildman–Crippen MR) is 114 cm³/mol. The highest BCUT2D eigenvalue weighted by molar-refractivity contribution is 5.42. The van der Waals surface area contributed by atoms with Crippen molar-refractivity contribution < 1.29 is 0 Å². The first-order chi connectivity index (χ1) is 10.9. The fraction of sp³-hybridized carbons (Fsp3) is 0.652. The van der Waals surface area contributed by atoms with E-state index < -0.39 is 0 Å². The number of rotatable bonds is 7. The fourth-order valence-corrected chi connectivity index (χ4v) is 3.26. The van der Waals surface area contributed by atoms with Crippen molar-refractivity contribution in [1.82, 2.24) is 0 Å². The minimum Gasteiger partial charge on any atom is -0.402 e. The molecule has 0 aromatic heterocycles. The van der Waals surface area contributed by atoms with Crippen molar-refractivity contribution in [2.24, 2.45) is 11.7 Å². The van der Waals surface area contributed by atoms with Gasteiger partial charge >= 0.3 is 0 Å². The van der Waals surface area contributed by atoms with Gasteiger partial charge in [-0.2, -0.15) is 0 Å². The lowest BCUT2D eigenvalue weighted by atomic mass is 9.94. The summed E-state index contributed by atoms with van der Waals surface area (Å²) in [5.74, 6) is 1.02. The van der Waals surface area contributed by atoms with E-state index in [0.29, 0.717) is 0 Å². The smallest absolute Gasteiger partial charge is 0.0131 e. The second kappa shape index (κ2) is 14.1. The molecular weight excluding hydrogens is 290 g/mol. The van der Waals surface area contributed by atoms with E-state index in [1.54, 1.807) is 0 Å². The lowest BCUT2D eigenvalue weighted by Gasteiger charge is -2.12. The molecule has 1 heteroatoms. The number of hydrogen-bond acceptors (Lipinski definition) is 1. The van der Waals surface area contributed by atoms with Crippen LogP contribution in [0, 0.1) is 19.8 Å². The van der Waals surface area contributed by atoms with Crippen molar-refractivity contribution in [3.05, 3.63) is 33.7 Å². The van der Waals surface area contributed by atoms with Gasteiger partial charge in [0.05, 0.1) is 0 Å². The first-order valence-corrected chi connectivity index (χ1v) is 9.39. The van der Waals surface area contributed by atoms with Gasteiger partial charge in [-0.05, 0) is 37.5 Å². The number of benzene rings is 1. The Morgan fingerprint density at radius 2 is 1.67 bits per heavy atom. The van der Waals surface area contributed by atoms with Gasteiger partial charge in [-0.15, -0.1) is 0 Å². The molecule has 0 spiro atoms. The third-order valence-corrected chi connectivity index (χ3v) is 4.45. The highest BCUT2D eigenvalue weighted by Crippen LogP contribution is 2.18. The molecule has 0 radical (unpaired) electrons. The first-order valence-electron chi connectivity index (χ1n) is 9.39. The Labute approximate surface area is 152 Å². The molecule has 0 fully saturated rings.